The normalized spacial score (nSPS) is 10.3. The van der Waals surface area contributed by atoms with E-state index in [1.54, 1.807) is 12.3 Å². The number of aromatic nitrogens is 1. The Morgan fingerprint density at radius 1 is 1.47 bits per heavy atom. The number of hydrogen-bond acceptors (Lipinski definition) is 3. The van der Waals surface area contributed by atoms with Crippen molar-refractivity contribution in [2.75, 3.05) is 5.32 Å². The summed E-state index contributed by atoms with van der Waals surface area (Å²) in [5.41, 5.74) is 0.894. The lowest BCUT2D eigenvalue weighted by Gasteiger charge is -2.03. The molecule has 0 atom stereocenters. The highest BCUT2D eigenvalue weighted by Crippen LogP contribution is 2.17. The minimum atomic E-state index is -0.242. The molecule has 1 aromatic carbocycles. The van der Waals surface area contributed by atoms with Gasteiger partial charge in [0.15, 0.2) is 5.13 Å². The molecule has 1 heterocycles. The van der Waals surface area contributed by atoms with Crippen molar-refractivity contribution >= 4 is 32.4 Å². The van der Waals surface area contributed by atoms with Gasteiger partial charge in [0.25, 0.3) is 0 Å². The van der Waals surface area contributed by atoms with Gasteiger partial charge < -0.3 is 5.32 Å². The minimum absolute atomic E-state index is 0.242. The summed E-state index contributed by atoms with van der Waals surface area (Å²) >= 11 is 4.64. The van der Waals surface area contributed by atoms with Gasteiger partial charge in [-0.1, -0.05) is 6.07 Å². The fourth-order valence-electron chi connectivity index (χ4n) is 1.14. The fraction of sp³-hybridized carbons (Fsp3) is 0.100. The summed E-state index contributed by atoms with van der Waals surface area (Å²) in [6, 6.07) is 5.08. The first kappa shape index (κ1) is 10.6. The SMILES string of the molecule is Fc1cc(CNc2nccs2)ccc1Br. The Balaban J connectivity index is 2.02. The van der Waals surface area contributed by atoms with Crippen LogP contribution in [0.2, 0.25) is 0 Å². The quantitative estimate of drug-likeness (QED) is 0.932. The minimum Gasteiger partial charge on any atom is -0.357 e. The van der Waals surface area contributed by atoms with Crippen LogP contribution in [-0.4, -0.2) is 4.98 Å². The van der Waals surface area contributed by atoms with E-state index in [9.17, 15) is 4.39 Å². The molecule has 0 spiro atoms. The molecule has 0 aliphatic rings. The monoisotopic (exact) mass is 286 g/mol. The molecule has 5 heteroatoms. The number of halogens is 2. The van der Waals surface area contributed by atoms with Crippen molar-refractivity contribution in [2.45, 2.75) is 6.54 Å². The molecule has 15 heavy (non-hydrogen) atoms. The van der Waals surface area contributed by atoms with E-state index in [1.807, 2.05) is 11.4 Å². The summed E-state index contributed by atoms with van der Waals surface area (Å²) in [7, 11) is 0. The molecule has 1 N–H and O–H groups in total. The fourth-order valence-corrected chi connectivity index (χ4v) is 1.91. The molecule has 0 saturated heterocycles. The van der Waals surface area contributed by atoms with E-state index in [4.69, 9.17) is 0 Å². The van der Waals surface area contributed by atoms with Gasteiger partial charge in [-0.15, -0.1) is 11.3 Å². The molecule has 0 aliphatic carbocycles. The first-order chi connectivity index (χ1) is 7.25. The molecule has 2 rings (SSSR count). The molecular formula is C10H8BrFN2S. The highest BCUT2D eigenvalue weighted by Gasteiger charge is 2.01. The van der Waals surface area contributed by atoms with Crippen molar-refractivity contribution in [3.63, 3.8) is 0 Å². The predicted octanol–water partition coefficient (Wildman–Crippen LogP) is 3.66. The molecule has 0 bridgehead atoms. The molecule has 0 unspecified atom stereocenters. The van der Waals surface area contributed by atoms with E-state index in [-0.39, 0.29) is 5.82 Å². The summed E-state index contributed by atoms with van der Waals surface area (Å²) in [4.78, 5) is 4.08. The molecule has 0 aliphatic heterocycles. The number of rotatable bonds is 3. The van der Waals surface area contributed by atoms with Crippen LogP contribution in [0.25, 0.3) is 0 Å². The van der Waals surface area contributed by atoms with Gasteiger partial charge in [0.2, 0.25) is 0 Å². The van der Waals surface area contributed by atoms with Crippen molar-refractivity contribution in [3.8, 4) is 0 Å². The first-order valence-corrected chi connectivity index (χ1v) is 6.00. The molecule has 78 valence electrons. The van der Waals surface area contributed by atoms with Gasteiger partial charge >= 0.3 is 0 Å². The van der Waals surface area contributed by atoms with Crippen molar-refractivity contribution < 1.29 is 4.39 Å². The van der Waals surface area contributed by atoms with Crippen LogP contribution in [0.3, 0.4) is 0 Å². The van der Waals surface area contributed by atoms with E-state index in [0.29, 0.717) is 11.0 Å². The maximum absolute atomic E-state index is 13.2. The second-order valence-electron chi connectivity index (χ2n) is 2.94. The van der Waals surface area contributed by atoms with Crippen LogP contribution >= 0.6 is 27.3 Å². The Hall–Kier alpha value is -0.940. The molecular weight excluding hydrogens is 279 g/mol. The average molecular weight is 287 g/mol. The Morgan fingerprint density at radius 3 is 3.00 bits per heavy atom. The molecule has 0 radical (unpaired) electrons. The highest BCUT2D eigenvalue weighted by atomic mass is 79.9. The third-order valence-electron chi connectivity index (χ3n) is 1.86. The second kappa shape index (κ2) is 4.72. The lowest BCUT2D eigenvalue weighted by atomic mass is 10.2. The zero-order valence-electron chi connectivity index (χ0n) is 7.71. The van der Waals surface area contributed by atoms with Crippen LogP contribution in [0.1, 0.15) is 5.56 Å². The van der Waals surface area contributed by atoms with Gasteiger partial charge in [-0.05, 0) is 33.6 Å². The van der Waals surface area contributed by atoms with Crippen molar-refractivity contribution in [3.05, 3.63) is 45.6 Å². The van der Waals surface area contributed by atoms with Crippen molar-refractivity contribution in [2.24, 2.45) is 0 Å². The lowest BCUT2D eigenvalue weighted by molar-refractivity contribution is 0.619. The van der Waals surface area contributed by atoms with E-state index in [1.165, 1.54) is 17.4 Å². The van der Waals surface area contributed by atoms with Crippen LogP contribution in [0.15, 0.2) is 34.2 Å². The summed E-state index contributed by atoms with van der Waals surface area (Å²) < 4.78 is 13.6. The van der Waals surface area contributed by atoms with E-state index < -0.39 is 0 Å². The Kier molecular flexibility index (Phi) is 3.33. The van der Waals surface area contributed by atoms with Crippen LogP contribution in [0.4, 0.5) is 9.52 Å². The van der Waals surface area contributed by atoms with E-state index >= 15 is 0 Å². The van der Waals surface area contributed by atoms with E-state index in [0.717, 1.165) is 10.7 Å². The van der Waals surface area contributed by atoms with E-state index in [2.05, 4.69) is 26.2 Å². The Bertz CT molecular complexity index is 445. The summed E-state index contributed by atoms with van der Waals surface area (Å²) in [5, 5.41) is 5.85. The molecule has 0 amide bonds. The van der Waals surface area contributed by atoms with Crippen LogP contribution in [0.5, 0.6) is 0 Å². The van der Waals surface area contributed by atoms with Crippen molar-refractivity contribution in [1.82, 2.24) is 4.98 Å². The summed E-state index contributed by atoms with van der Waals surface area (Å²) in [5.74, 6) is -0.242. The topological polar surface area (TPSA) is 24.9 Å². The maximum atomic E-state index is 13.2. The number of benzene rings is 1. The van der Waals surface area contributed by atoms with Gasteiger partial charge in [0.1, 0.15) is 5.82 Å². The number of hydrogen-bond donors (Lipinski definition) is 1. The van der Waals surface area contributed by atoms with Crippen LogP contribution in [-0.2, 0) is 6.54 Å². The smallest absolute Gasteiger partial charge is 0.182 e. The van der Waals surface area contributed by atoms with Gasteiger partial charge in [-0.25, -0.2) is 9.37 Å². The third-order valence-corrected chi connectivity index (χ3v) is 3.23. The Labute approximate surface area is 99.3 Å². The first-order valence-electron chi connectivity index (χ1n) is 4.33. The van der Waals surface area contributed by atoms with Crippen LogP contribution < -0.4 is 5.32 Å². The zero-order valence-corrected chi connectivity index (χ0v) is 10.1. The van der Waals surface area contributed by atoms with Crippen LogP contribution in [0, 0.1) is 5.82 Å². The number of nitrogens with zero attached hydrogens (tertiary/aromatic N) is 1. The molecule has 2 nitrogen and oxygen atoms in total. The molecule has 1 aromatic heterocycles. The summed E-state index contributed by atoms with van der Waals surface area (Å²) in [6.07, 6.45) is 1.73. The predicted molar refractivity (Wildman–Crippen MR) is 63.5 cm³/mol. The van der Waals surface area contributed by atoms with Gasteiger partial charge in [-0.2, -0.15) is 0 Å². The second-order valence-corrected chi connectivity index (χ2v) is 4.69. The zero-order chi connectivity index (χ0) is 10.7. The standard InChI is InChI=1S/C10H8BrFN2S/c11-8-2-1-7(5-9(8)12)6-14-10-13-3-4-15-10/h1-5H,6H2,(H,13,14). The number of anilines is 1. The lowest BCUT2D eigenvalue weighted by Crippen LogP contribution is -1.99. The Morgan fingerprint density at radius 2 is 2.33 bits per heavy atom. The average Bonchev–Trinajstić information content (AvgIpc) is 2.73. The van der Waals surface area contributed by atoms with Gasteiger partial charge in [-0.3, -0.25) is 0 Å². The highest BCUT2D eigenvalue weighted by molar-refractivity contribution is 9.10. The molecule has 0 fully saturated rings. The largest absolute Gasteiger partial charge is 0.357 e. The maximum Gasteiger partial charge on any atom is 0.182 e. The molecule has 0 saturated carbocycles. The van der Waals surface area contributed by atoms with Crippen molar-refractivity contribution in [1.29, 1.82) is 0 Å². The third kappa shape index (κ3) is 2.76. The number of thiazole rings is 1. The number of nitrogens with one attached hydrogen (secondary N) is 1. The van der Waals surface area contributed by atoms with Gasteiger partial charge in [0, 0.05) is 18.1 Å². The summed E-state index contributed by atoms with van der Waals surface area (Å²) in [6.45, 7) is 0.581. The van der Waals surface area contributed by atoms with Gasteiger partial charge in [0.05, 0.1) is 4.47 Å². The molecule has 2 aromatic rings.